The van der Waals surface area contributed by atoms with Gasteiger partial charge in [-0.2, -0.15) is 0 Å². The zero-order chi connectivity index (χ0) is 24.2. The number of anilines is 1. The SMILES string of the molecule is NC(=O)C(O[C@@H]1CCC=C(C(=O)Nc2cccc(F)c2)O1)C1CCC(n2ccc(=O)[nH]c2=O)O1. The number of aromatic amines is 1. The van der Waals surface area contributed by atoms with E-state index < -0.39 is 53.6 Å². The molecule has 2 aliphatic rings. The molecule has 1 saturated heterocycles. The molecule has 0 aliphatic carbocycles. The summed E-state index contributed by atoms with van der Waals surface area (Å²) in [4.78, 5) is 50.1. The summed E-state index contributed by atoms with van der Waals surface area (Å²) in [6, 6.07) is 6.60. The summed E-state index contributed by atoms with van der Waals surface area (Å²) in [6.07, 6.45) is 0.799. The third kappa shape index (κ3) is 5.41. The number of hydrogen-bond donors (Lipinski definition) is 3. The van der Waals surface area contributed by atoms with Crippen molar-refractivity contribution in [3.63, 3.8) is 0 Å². The Hall–Kier alpha value is -3.77. The monoisotopic (exact) mass is 474 g/mol. The number of halogens is 1. The van der Waals surface area contributed by atoms with Crippen molar-refractivity contribution in [1.29, 1.82) is 0 Å². The van der Waals surface area contributed by atoms with Gasteiger partial charge in [-0.15, -0.1) is 0 Å². The number of aromatic nitrogens is 2. The molecule has 1 fully saturated rings. The second-order valence-corrected chi connectivity index (χ2v) is 7.84. The number of carbonyl (C=O) groups is 2. The first-order chi connectivity index (χ1) is 16.3. The zero-order valence-electron chi connectivity index (χ0n) is 17.9. The molecule has 12 heteroatoms. The summed E-state index contributed by atoms with van der Waals surface area (Å²) in [6.45, 7) is 0. The highest BCUT2D eigenvalue weighted by molar-refractivity contribution is 6.02. The van der Waals surface area contributed by atoms with E-state index in [2.05, 4.69) is 10.3 Å². The lowest BCUT2D eigenvalue weighted by Crippen LogP contribution is -2.44. The molecule has 180 valence electrons. The fourth-order valence-electron chi connectivity index (χ4n) is 3.83. The Morgan fingerprint density at radius 3 is 2.79 bits per heavy atom. The predicted octanol–water partition coefficient (Wildman–Crippen LogP) is 0.883. The number of rotatable bonds is 7. The highest BCUT2D eigenvalue weighted by Crippen LogP contribution is 2.31. The molecule has 3 unspecified atom stereocenters. The molecule has 2 amide bonds. The minimum Gasteiger partial charge on any atom is -0.459 e. The first-order valence-corrected chi connectivity index (χ1v) is 10.7. The third-order valence-electron chi connectivity index (χ3n) is 5.40. The van der Waals surface area contributed by atoms with Crippen LogP contribution < -0.4 is 22.3 Å². The van der Waals surface area contributed by atoms with Gasteiger partial charge in [0, 0.05) is 24.4 Å². The van der Waals surface area contributed by atoms with Crippen molar-refractivity contribution < 1.29 is 28.2 Å². The van der Waals surface area contributed by atoms with E-state index in [0.717, 1.165) is 0 Å². The van der Waals surface area contributed by atoms with Gasteiger partial charge in [0.1, 0.15) is 12.0 Å². The number of allylic oxidation sites excluding steroid dienone is 1. The van der Waals surface area contributed by atoms with Crippen LogP contribution in [-0.4, -0.2) is 39.9 Å². The minimum absolute atomic E-state index is 0.0336. The van der Waals surface area contributed by atoms with E-state index in [4.69, 9.17) is 19.9 Å². The average Bonchev–Trinajstić information content (AvgIpc) is 3.27. The smallest absolute Gasteiger partial charge is 0.330 e. The number of nitrogens with two attached hydrogens (primary N) is 1. The van der Waals surface area contributed by atoms with E-state index in [0.29, 0.717) is 25.7 Å². The van der Waals surface area contributed by atoms with Gasteiger partial charge in [0.2, 0.25) is 12.2 Å². The average molecular weight is 474 g/mol. The van der Waals surface area contributed by atoms with Gasteiger partial charge in [-0.05, 0) is 43.5 Å². The van der Waals surface area contributed by atoms with E-state index in [1.807, 2.05) is 0 Å². The molecule has 11 nitrogen and oxygen atoms in total. The summed E-state index contributed by atoms with van der Waals surface area (Å²) < 4.78 is 31.8. The third-order valence-corrected chi connectivity index (χ3v) is 5.40. The van der Waals surface area contributed by atoms with Gasteiger partial charge in [-0.25, -0.2) is 9.18 Å². The number of ether oxygens (including phenoxy) is 3. The number of H-pyrrole nitrogens is 1. The number of amides is 2. The number of nitrogens with zero attached hydrogens (tertiary/aromatic N) is 1. The highest BCUT2D eigenvalue weighted by atomic mass is 19.1. The van der Waals surface area contributed by atoms with Crippen LogP contribution in [0.5, 0.6) is 0 Å². The lowest BCUT2D eigenvalue weighted by Gasteiger charge is -2.29. The molecule has 1 aromatic heterocycles. The molecule has 0 spiro atoms. The number of benzene rings is 1. The molecule has 34 heavy (non-hydrogen) atoms. The van der Waals surface area contributed by atoms with Gasteiger partial charge in [0.25, 0.3) is 11.5 Å². The maximum atomic E-state index is 13.4. The Balaban J connectivity index is 1.39. The van der Waals surface area contributed by atoms with Gasteiger partial charge < -0.3 is 25.3 Å². The van der Waals surface area contributed by atoms with Crippen LogP contribution in [-0.2, 0) is 23.8 Å². The Morgan fingerprint density at radius 1 is 1.24 bits per heavy atom. The summed E-state index contributed by atoms with van der Waals surface area (Å²) in [7, 11) is 0. The number of carbonyl (C=O) groups excluding carboxylic acids is 2. The molecule has 0 saturated carbocycles. The quantitative estimate of drug-likeness (QED) is 0.538. The highest BCUT2D eigenvalue weighted by Gasteiger charge is 2.39. The van der Waals surface area contributed by atoms with Crippen molar-refractivity contribution in [3.8, 4) is 0 Å². The zero-order valence-corrected chi connectivity index (χ0v) is 17.9. The van der Waals surface area contributed by atoms with Crippen LogP contribution in [0.1, 0.15) is 31.9 Å². The number of nitrogens with one attached hydrogen (secondary N) is 2. The van der Waals surface area contributed by atoms with Gasteiger partial charge in [0.05, 0.1) is 6.10 Å². The van der Waals surface area contributed by atoms with Crippen molar-refractivity contribution in [2.75, 3.05) is 5.32 Å². The lowest BCUT2D eigenvalue weighted by molar-refractivity contribution is -0.194. The van der Waals surface area contributed by atoms with Gasteiger partial charge in [-0.1, -0.05) is 6.07 Å². The molecule has 2 aliphatic heterocycles. The van der Waals surface area contributed by atoms with Crippen LogP contribution in [0.3, 0.4) is 0 Å². The largest absolute Gasteiger partial charge is 0.459 e. The van der Waals surface area contributed by atoms with Crippen LogP contribution in [0.25, 0.3) is 0 Å². The van der Waals surface area contributed by atoms with E-state index >= 15 is 0 Å². The first-order valence-electron chi connectivity index (χ1n) is 10.7. The van der Waals surface area contributed by atoms with Crippen molar-refractivity contribution >= 4 is 17.5 Å². The summed E-state index contributed by atoms with van der Waals surface area (Å²) in [5.41, 5.74) is 4.62. The summed E-state index contributed by atoms with van der Waals surface area (Å²) >= 11 is 0. The van der Waals surface area contributed by atoms with Crippen LogP contribution >= 0.6 is 0 Å². The molecule has 3 heterocycles. The minimum atomic E-state index is -1.20. The molecule has 4 N–H and O–H groups in total. The Bertz CT molecular complexity index is 1220. The van der Waals surface area contributed by atoms with Crippen LogP contribution in [0.15, 0.2) is 58.0 Å². The van der Waals surface area contributed by atoms with Gasteiger partial charge in [-0.3, -0.25) is 23.9 Å². The molecule has 0 bridgehead atoms. The molecule has 2 aromatic rings. The van der Waals surface area contributed by atoms with Crippen molar-refractivity contribution in [2.24, 2.45) is 5.73 Å². The van der Waals surface area contributed by atoms with E-state index in [1.54, 1.807) is 6.08 Å². The second-order valence-electron chi connectivity index (χ2n) is 7.84. The van der Waals surface area contributed by atoms with Gasteiger partial charge in [0.15, 0.2) is 11.9 Å². The Labute approximate surface area is 192 Å². The Morgan fingerprint density at radius 2 is 2.06 bits per heavy atom. The van der Waals surface area contributed by atoms with Crippen molar-refractivity contribution in [1.82, 2.24) is 9.55 Å². The molecule has 1 aromatic carbocycles. The van der Waals surface area contributed by atoms with Gasteiger partial charge >= 0.3 is 5.69 Å². The fraction of sp³-hybridized carbons (Fsp3) is 0.364. The lowest BCUT2D eigenvalue weighted by atomic mass is 10.1. The normalized spacial score (nSPS) is 23.0. The van der Waals surface area contributed by atoms with Crippen molar-refractivity contribution in [3.05, 3.63) is 75.0 Å². The van der Waals surface area contributed by atoms with Crippen molar-refractivity contribution in [2.45, 2.75) is 50.4 Å². The van der Waals surface area contributed by atoms with E-state index in [-0.39, 0.29) is 11.4 Å². The first kappa shape index (κ1) is 23.4. The molecular weight excluding hydrogens is 451 g/mol. The van der Waals surface area contributed by atoms with Crippen LogP contribution in [0.2, 0.25) is 0 Å². The standard InChI is InChI=1S/C22H23FN4O7/c23-12-3-1-4-13(11-12)25-21(30)15-5-2-6-18(33-15)34-19(20(24)29)14-7-8-17(32-14)27-10-9-16(28)26-22(27)31/h1,3-5,9-11,14,17-19H,2,6-8H2,(H2,24,29)(H,25,30)(H,26,28,31)/t14?,17?,18-,19?/m1/s1. The summed E-state index contributed by atoms with van der Waals surface area (Å²) in [5, 5.41) is 2.54. The molecule has 4 atom stereocenters. The second kappa shape index (κ2) is 10.0. The predicted molar refractivity (Wildman–Crippen MR) is 116 cm³/mol. The topological polar surface area (TPSA) is 155 Å². The molecule has 0 radical (unpaired) electrons. The summed E-state index contributed by atoms with van der Waals surface area (Å²) in [5.74, 6) is -1.91. The van der Waals surface area contributed by atoms with Crippen LogP contribution in [0.4, 0.5) is 10.1 Å². The van der Waals surface area contributed by atoms with Crippen LogP contribution in [0, 0.1) is 5.82 Å². The number of hydrogen-bond acceptors (Lipinski definition) is 7. The molecular formula is C22H23FN4O7. The maximum absolute atomic E-state index is 13.4. The Kier molecular flexibility index (Phi) is 6.89. The number of primary amides is 1. The fourth-order valence-corrected chi connectivity index (χ4v) is 3.83. The molecule has 4 rings (SSSR count). The van der Waals surface area contributed by atoms with E-state index in [9.17, 15) is 23.6 Å². The maximum Gasteiger partial charge on any atom is 0.330 e. The van der Waals surface area contributed by atoms with E-state index in [1.165, 1.54) is 41.1 Å².